The Kier molecular flexibility index (Phi) is 4.26. The van der Waals surface area contributed by atoms with Crippen LogP contribution in [0.4, 0.5) is 5.69 Å². The van der Waals surface area contributed by atoms with Crippen molar-refractivity contribution in [2.24, 2.45) is 11.8 Å². The van der Waals surface area contributed by atoms with Crippen LogP contribution in [0.2, 0.25) is 0 Å². The lowest BCUT2D eigenvalue weighted by atomic mass is 9.78. The van der Waals surface area contributed by atoms with Crippen molar-refractivity contribution in [2.75, 3.05) is 5.32 Å². The quantitative estimate of drug-likeness (QED) is 0.745. The highest BCUT2D eigenvalue weighted by Crippen LogP contribution is 2.32. The zero-order chi connectivity index (χ0) is 15.7. The Hall–Kier alpha value is -1.73. The second-order valence-corrected chi connectivity index (χ2v) is 7.27. The summed E-state index contributed by atoms with van der Waals surface area (Å²) in [6.07, 6.45) is 2.99. The highest BCUT2D eigenvalue weighted by atomic mass is 32.1. The molecule has 0 aliphatic heterocycles. The Morgan fingerprint density at radius 2 is 2.00 bits per heavy atom. The summed E-state index contributed by atoms with van der Waals surface area (Å²) < 4.78 is 1.66. The largest absolute Gasteiger partial charge is 0.481 e. The lowest BCUT2D eigenvalue weighted by molar-refractivity contribution is -0.147. The number of carbonyl (C=O) groups is 2. The molecule has 2 unspecified atom stereocenters. The van der Waals surface area contributed by atoms with Gasteiger partial charge in [-0.05, 0) is 43.3 Å². The minimum atomic E-state index is -0.876. The van der Waals surface area contributed by atoms with Gasteiger partial charge in [-0.25, -0.2) is 0 Å². The molecule has 1 aromatic heterocycles. The van der Waals surface area contributed by atoms with Crippen LogP contribution in [-0.2, 0) is 9.59 Å². The fraction of sp³-hybridized carbons (Fsp3) is 0.400. The molecule has 1 saturated carbocycles. The predicted molar refractivity (Wildman–Crippen MR) is 88.7 cm³/mol. The summed E-state index contributed by atoms with van der Waals surface area (Å²) in [4.78, 5) is 26.8. The molecule has 0 spiro atoms. The Bertz CT molecular complexity index is 780. The van der Waals surface area contributed by atoms with E-state index in [1.54, 1.807) is 6.07 Å². The monoisotopic (exact) mass is 336 g/mol. The van der Waals surface area contributed by atoms with E-state index in [-0.39, 0.29) is 5.91 Å². The molecule has 7 heteroatoms. The molecular weight excluding hydrogens is 320 g/mol. The topological polar surface area (TPSA) is 82.2 Å². The van der Waals surface area contributed by atoms with Crippen LogP contribution in [0.5, 0.6) is 0 Å². The number of anilines is 1. The first-order valence-corrected chi connectivity index (χ1v) is 8.43. The van der Waals surface area contributed by atoms with Crippen molar-refractivity contribution in [1.82, 2.24) is 4.98 Å². The number of nitrogens with one attached hydrogen (secondary N) is 2. The maximum absolute atomic E-state index is 12.4. The second-order valence-electron chi connectivity index (χ2n) is 5.55. The summed E-state index contributed by atoms with van der Waals surface area (Å²) in [7, 11) is 0. The molecule has 5 nitrogen and oxygen atoms in total. The summed E-state index contributed by atoms with van der Waals surface area (Å²) in [6, 6.07) is 5.53. The van der Waals surface area contributed by atoms with Crippen molar-refractivity contribution < 1.29 is 14.7 Å². The molecule has 2 atom stereocenters. The van der Waals surface area contributed by atoms with Crippen LogP contribution >= 0.6 is 23.6 Å². The van der Waals surface area contributed by atoms with Crippen molar-refractivity contribution >= 4 is 51.3 Å². The maximum atomic E-state index is 12.4. The average Bonchev–Trinajstić information content (AvgIpc) is 2.86. The zero-order valence-corrected chi connectivity index (χ0v) is 13.4. The van der Waals surface area contributed by atoms with Crippen LogP contribution in [0.15, 0.2) is 18.2 Å². The Morgan fingerprint density at radius 1 is 1.27 bits per heavy atom. The van der Waals surface area contributed by atoms with Crippen molar-refractivity contribution in [3.8, 4) is 0 Å². The van der Waals surface area contributed by atoms with Crippen LogP contribution in [0.3, 0.4) is 0 Å². The number of amides is 1. The van der Waals surface area contributed by atoms with E-state index in [1.165, 1.54) is 11.3 Å². The number of aromatic amines is 1. The summed E-state index contributed by atoms with van der Waals surface area (Å²) in [5, 5.41) is 12.1. The van der Waals surface area contributed by atoms with Gasteiger partial charge < -0.3 is 15.4 Å². The zero-order valence-electron chi connectivity index (χ0n) is 11.8. The second kappa shape index (κ2) is 6.18. The maximum Gasteiger partial charge on any atom is 0.307 e. The molecule has 0 saturated heterocycles. The molecule has 1 aliphatic rings. The average molecular weight is 336 g/mol. The molecule has 1 fully saturated rings. The third-order valence-electron chi connectivity index (χ3n) is 4.11. The number of thiazole rings is 1. The van der Waals surface area contributed by atoms with Gasteiger partial charge in [0.15, 0.2) is 3.95 Å². The number of carboxylic acid groups (broad SMARTS) is 1. The minimum Gasteiger partial charge on any atom is -0.481 e. The Balaban J connectivity index is 1.79. The molecule has 1 amide bonds. The Morgan fingerprint density at radius 3 is 2.73 bits per heavy atom. The predicted octanol–water partition coefficient (Wildman–Crippen LogP) is 3.79. The molecule has 1 aromatic carbocycles. The van der Waals surface area contributed by atoms with Crippen molar-refractivity contribution in [3.63, 3.8) is 0 Å². The fourth-order valence-corrected chi connectivity index (χ4v) is 4.15. The number of benzene rings is 1. The van der Waals surface area contributed by atoms with Crippen LogP contribution in [-0.4, -0.2) is 22.0 Å². The number of carboxylic acids is 1. The highest BCUT2D eigenvalue weighted by molar-refractivity contribution is 7.73. The summed E-state index contributed by atoms with van der Waals surface area (Å²) in [5.41, 5.74) is 1.62. The molecular formula is C15H16N2O3S2. The van der Waals surface area contributed by atoms with Crippen molar-refractivity contribution in [3.05, 3.63) is 22.2 Å². The molecule has 3 rings (SSSR count). The van der Waals surface area contributed by atoms with Crippen LogP contribution in [0.25, 0.3) is 10.2 Å². The number of aromatic nitrogens is 1. The SMILES string of the molecule is O=C(O)C1CCCCC1C(=O)Nc1ccc2[nH]c(=S)sc2c1. The van der Waals surface area contributed by atoms with E-state index < -0.39 is 17.8 Å². The van der Waals surface area contributed by atoms with Gasteiger partial charge in [0.2, 0.25) is 5.91 Å². The van der Waals surface area contributed by atoms with Crippen LogP contribution < -0.4 is 5.32 Å². The first-order chi connectivity index (χ1) is 10.5. The van der Waals surface area contributed by atoms with E-state index in [2.05, 4.69) is 10.3 Å². The van der Waals surface area contributed by atoms with Gasteiger partial charge in [0.25, 0.3) is 0 Å². The van der Waals surface area contributed by atoms with Gasteiger partial charge in [-0.3, -0.25) is 9.59 Å². The molecule has 0 bridgehead atoms. The minimum absolute atomic E-state index is 0.203. The highest BCUT2D eigenvalue weighted by Gasteiger charge is 2.35. The first-order valence-electron chi connectivity index (χ1n) is 7.21. The molecule has 116 valence electrons. The Labute approximate surface area is 136 Å². The van der Waals surface area contributed by atoms with Crippen LogP contribution in [0, 0.1) is 15.8 Å². The number of rotatable bonds is 3. The summed E-state index contributed by atoms with van der Waals surface area (Å²) in [5.74, 6) is -2.11. The number of aliphatic carboxylic acids is 1. The van der Waals surface area contributed by atoms with Gasteiger partial charge in [0, 0.05) is 5.69 Å². The third-order valence-corrected chi connectivity index (χ3v) is 5.31. The molecule has 2 aromatic rings. The van der Waals surface area contributed by atoms with Crippen LogP contribution in [0.1, 0.15) is 25.7 Å². The summed E-state index contributed by atoms with van der Waals surface area (Å²) in [6.45, 7) is 0. The van der Waals surface area contributed by atoms with Crippen molar-refractivity contribution in [2.45, 2.75) is 25.7 Å². The van der Waals surface area contributed by atoms with Gasteiger partial charge in [-0.2, -0.15) is 0 Å². The van der Waals surface area contributed by atoms with Gasteiger partial charge in [-0.15, -0.1) is 11.3 Å². The van der Waals surface area contributed by atoms with Gasteiger partial charge in [-0.1, -0.05) is 12.8 Å². The molecule has 1 aliphatic carbocycles. The van der Waals surface area contributed by atoms with E-state index in [1.807, 2.05) is 12.1 Å². The number of hydrogen-bond acceptors (Lipinski definition) is 4. The van der Waals surface area contributed by atoms with Crippen molar-refractivity contribution in [1.29, 1.82) is 0 Å². The van der Waals surface area contributed by atoms with E-state index in [9.17, 15) is 14.7 Å². The number of hydrogen-bond donors (Lipinski definition) is 3. The lowest BCUT2D eigenvalue weighted by Gasteiger charge is -2.27. The van der Waals surface area contributed by atoms with E-state index in [4.69, 9.17) is 12.2 Å². The number of H-pyrrole nitrogens is 1. The number of fused-ring (bicyclic) bond motifs is 1. The van der Waals surface area contributed by atoms with E-state index >= 15 is 0 Å². The smallest absolute Gasteiger partial charge is 0.307 e. The van der Waals surface area contributed by atoms with Gasteiger partial charge in [0.1, 0.15) is 0 Å². The van der Waals surface area contributed by atoms with Gasteiger partial charge >= 0.3 is 5.97 Å². The first kappa shape index (κ1) is 15.2. The van der Waals surface area contributed by atoms with Gasteiger partial charge in [0.05, 0.1) is 22.1 Å². The fourth-order valence-electron chi connectivity index (χ4n) is 3.00. The normalized spacial score (nSPS) is 21.6. The third kappa shape index (κ3) is 3.05. The molecule has 22 heavy (non-hydrogen) atoms. The molecule has 3 N–H and O–H groups in total. The van der Waals surface area contributed by atoms with E-state index in [0.717, 1.165) is 23.1 Å². The lowest BCUT2D eigenvalue weighted by Crippen LogP contribution is -2.36. The standard InChI is InChI=1S/C15H16N2O3S2/c18-13(9-3-1-2-4-10(9)14(19)20)16-8-5-6-11-12(7-8)22-15(21)17-11/h5-7,9-10H,1-4H2,(H,16,18)(H,17,21)(H,19,20). The molecule has 1 heterocycles. The summed E-state index contributed by atoms with van der Waals surface area (Å²) >= 11 is 6.55. The van der Waals surface area contributed by atoms with E-state index in [0.29, 0.717) is 22.5 Å². The molecule has 0 radical (unpaired) electrons. The number of carbonyl (C=O) groups excluding carboxylic acids is 1.